The molecule has 0 saturated carbocycles. The minimum atomic E-state index is -0.460. The number of hydrogen-bond acceptors (Lipinski definition) is 4. The summed E-state index contributed by atoms with van der Waals surface area (Å²) >= 11 is 0. The van der Waals surface area contributed by atoms with Crippen molar-refractivity contribution >= 4 is 6.09 Å². The molecule has 0 aromatic rings. The van der Waals surface area contributed by atoms with Gasteiger partial charge in [-0.1, -0.05) is 13.8 Å². The SMILES string of the molecule is CC.CC(C)(C)OC(=O)NNC1CCOC1. The maximum atomic E-state index is 11.2. The van der Waals surface area contributed by atoms with Gasteiger partial charge in [-0.3, -0.25) is 5.43 Å². The van der Waals surface area contributed by atoms with Crippen molar-refractivity contribution in [2.45, 2.75) is 52.7 Å². The van der Waals surface area contributed by atoms with Gasteiger partial charge in [0, 0.05) is 6.61 Å². The quantitative estimate of drug-likeness (QED) is 0.713. The molecule has 96 valence electrons. The van der Waals surface area contributed by atoms with Crippen molar-refractivity contribution < 1.29 is 14.3 Å². The standard InChI is InChI=1S/C9H18N2O3.C2H6/c1-9(2,3)14-8(12)11-10-7-4-5-13-6-7;1-2/h7,10H,4-6H2,1-3H3,(H,11,12);1-2H3. The maximum absolute atomic E-state index is 11.2. The van der Waals surface area contributed by atoms with Crippen LogP contribution in [0.5, 0.6) is 0 Å². The molecule has 5 nitrogen and oxygen atoms in total. The summed E-state index contributed by atoms with van der Waals surface area (Å²) < 4.78 is 10.2. The molecule has 5 heteroatoms. The zero-order valence-corrected chi connectivity index (χ0v) is 10.9. The molecule has 0 radical (unpaired) electrons. The fraction of sp³-hybridized carbons (Fsp3) is 0.909. The van der Waals surface area contributed by atoms with Crippen LogP contribution < -0.4 is 10.9 Å². The van der Waals surface area contributed by atoms with E-state index in [1.54, 1.807) is 0 Å². The molecule has 1 fully saturated rings. The van der Waals surface area contributed by atoms with Crippen LogP contribution in [0.25, 0.3) is 0 Å². The van der Waals surface area contributed by atoms with Gasteiger partial charge in [-0.2, -0.15) is 0 Å². The van der Waals surface area contributed by atoms with E-state index < -0.39 is 11.7 Å². The summed E-state index contributed by atoms with van der Waals surface area (Å²) in [5, 5.41) is 0. The second kappa shape index (κ2) is 7.46. The molecule has 2 N–H and O–H groups in total. The first-order valence-electron chi connectivity index (χ1n) is 5.79. The van der Waals surface area contributed by atoms with E-state index in [1.807, 2.05) is 34.6 Å². The lowest BCUT2D eigenvalue weighted by Gasteiger charge is -2.20. The molecule has 1 heterocycles. The van der Waals surface area contributed by atoms with Gasteiger partial charge in [0.05, 0.1) is 12.6 Å². The predicted molar refractivity (Wildman–Crippen MR) is 63.1 cm³/mol. The Labute approximate surface area is 97.8 Å². The van der Waals surface area contributed by atoms with E-state index in [2.05, 4.69) is 10.9 Å². The second-order valence-electron chi connectivity index (χ2n) is 4.33. The molecule has 0 aromatic heterocycles. The van der Waals surface area contributed by atoms with E-state index in [0.29, 0.717) is 6.61 Å². The summed E-state index contributed by atoms with van der Waals surface area (Å²) in [7, 11) is 0. The minimum Gasteiger partial charge on any atom is -0.443 e. The van der Waals surface area contributed by atoms with Crippen LogP contribution in [-0.2, 0) is 9.47 Å². The van der Waals surface area contributed by atoms with Crippen molar-refractivity contribution in [3.8, 4) is 0 Å². The Morgan fingerprint density at radius 3 is 2.44 bits per heavy atom. The van der Waals surface area contributed by atoms with Crippen molar-refractivity contribution in [2.75, 3.05) is 13.2 Å². The molecule has 0 aliphatic carbocycles. The number of amides is 1. The zero-order valence-electron chi connectivity index (χ0n) is 10.9. The van der Waals surface area contributed by atoms with Crippen LogP contribution >= 0.6 is 0 Å². The van der Waals surface area contributed by atoms with Crippen molar-refractivity contribution in [3.63, 3.8) is 0 Å². The molecule has 1 unspecified atom stereocenters. The fourth-order valence-electron chi connectivity index (χ4n) is 1.11. The van der Waals surface area contributed by atoms with Gasteiger partial charge in [0.1, 0.15) is 5.60 Å². The number of rotatable bonds is 2. The van der Waals surface area contributed by atoms with Gasteiger partial charge in [-0.05, 0) is 27.2 Å². The van der Waals surface area contributed by atoms with Gasteiger partial charge < -0.3 is 9.47 Å². The zero-order chi connectivity index (χ0) is 12.6. The molecule has 1 aliphatic rings. The number of ether oxygens (including phenoxy) is 2. The highest BCUT2D eigenvalue weighted by atomic mass is 16.6. The molecule has 1 rings (SSSR count). The summed E-state index contributed by atoms with van der Waals surface area (Å²) in [4.78, 5) is 11.2. The van der Waals surface area contributed by atoms with Crippen molar-refractivity contribution in [1.82, 2.24) is 10.9 Å². The highest BCUT2D eigenvalue weighted by Gasteiger charge is 2.19. The largest absolute Gasteiger partial charge is 0.443 e. The fourth-order valence-corrected chi connectivity index (χ4v) is 1.11. The van der Waals surface area contributed by atoms with E-state index >= 15 is 0 Å². The predicted octanol–water partition coefficient (Wildman–Crippen LogP) is 1.83. The molecule has 0 aromatic carbocycles. The normalized spacial score (nSPS) is 19.7. The number of nitrogens with one attached hydrogen (secondary N) is 2. The molecule has 0 bridgehead atoms. The average molecular weight is 232 g/mol. The van der Waals surface area contributed by atoms with Gasteiger partial charge >= 0.3 is 6.09 Å². The van der Waals surface area contributed by atoms with E-state index in [9.17, 15) is 4.79 Å². The molecular formula is C11H24N2O3. The third-order valence-electron chi connectivity index (χ3n) is 1.71. The number of hydrazine groups is 1. The number of carbonyl (C=O) groups excluding carboxylic acids is 1. The molecular weight excluding hydrogens is 208 g/mol. The average Bonchev–Trinajstić information content (AvgIpc) is 2.68. The van der Waals surface area contributed by atoms with E-state index in [1.165, 1.54) is 0 Å². The van der Waals surface area contributed by atoms with Crippen LogP contribution in [0.3, 0.4) is 0 Å². The Kier molecular flexibility index (Phi) is 7.08. The Balaban J connectivity index is 0.00000106. The first kappa shape index (κ1) is 15.2. The minimum absolute atomic E-state index is 0.197. The van der Waals surface area contributed by atoms with Crippen molar-refractivity contribution in [3.05, 3.63) is 0 Å². The molecule has 1 atom stereocenters. The topological polar surface area (TPSA) is 59.6 Å². The van der Waals surface area contributed by atoms with E-state index in [0.717, 1.165) is 13.0 Å². The lowest BCUT2D eigenvalue weighted by molar-refractivity contribution is 0.0486. The highest BCUT2D eigenvalue weighted by molar-refractivity contribution is 5.67. The third-order valence-corrected chi connectivity index (χ3v) is 1.71. The number of carbonyl (C=O) groups is 1. The Hall–Kier alpha value is -0.810. The number of hydrogen-bond donors (Lipinski definition) is 2. The van der Waals surface area contributed by atoms with Gasteiger partial charge in [0.15, 0.2) is 0 Å². The summed E-state index contributed by atoms with van der Waals surface area (Å²) in [6.07, 6.45) is 0.458. The van der Waals surface area contributed by atoms with Crippen LogP contribution in [0.4, 0.5) is 4.79 Å². The molecule has 16 heavy (non-hydrogen) atoms. The molecule has 0 spiro atoms. The molecule has 1 aliphatic heterocycles. The second-order valence-corrected chi connectivity index (χ2v) is 4.33. The van der Waals surface area contributed by atoms with Crippen LogP contribution in [0, 0.1) is 0 Å². The Bertz CT molecular complexity index is 196. The van der Waals surface area contributed by atoms with Crippen LogP contribution in [0.1, 0.15) is 41.0 Å². The first-order valence-corrected chi connectivity index (χ1v) is 5.79. The van der Waals surface area contributed by atoms with Gasteiger partial charge in [0.2, 0.25) is 0 Å². The van der Waals surface area contributed by atoms with Gasteiger partial charge in [0.25, 0.3) is 0 Å². The van der Waals surface area contributed by atoms with Crippen LogP contribution in [0.15, 0.2) is 0 Å². The summed E-state index contributed by atoms with van der Waals surface area (Å²) in [5.41, 5.74) is 4.88. The van der Waals surface area contributed by atoms with E-state index in [4.69, 9.17) is 9.47 Å². The van der Waals surface area contributed by atoms with Crippen molar-refractivity contribution in [2.24, 2.45) is 0 Å². The Morgan fingerprint density at radius 2 is 2.00 bits per heavy atom. The molecule has 1 saturated heterocycles. The Morgan fingerprint density at radius 1 is 1.38 bits per heavy atom. The lowest BCUT2D eigenvalue weighted by Crippen LogP contribution is -2.46. The smallest absolute Gasteiger partial charge is 0.422 e. The summed E-state index contributed by atoms with van der Waals surface area (Å²) in [6.45, 7) is 10.9. The summed E-state index contributed by atoms with van der Waals surface area (Å²) in [5.74, 6) is 0. The maximum Gasteiger partial charge on any atom is 0.422 e. The molecule has 1 amide bonds. The summed E-state index contributed by atoms with van der Waals surface area (Å²) in [6, 6.07) is 0.197. The van der Waals surface area contributed by atoms with Crippen molar-refractivity contribution in [1.29, 1.82) is 0 Å². The van der Waals surface area contributed by atoms with Crippen LogP contribution in [-0.4, -0.2) is 30.9 Å². The monoisotopic (exact) mass is 232 g/mol. The van der Waals surface area contributed by atoms with E-state index in [-0.39, 0.29) is 6.04 Å². The van der Waals surface area contributed by atoms with Crippen LogP contribution in [0.2, 0.25) is 0 Å². The van der Waals surface area contributed by atoms with Gasteiger partial charge in [-0.15, -0.1) is 0 Å². The van der Waals surface area contributed by atoms with Gasteiger partial charge in [-0.25, -0.2) is 10.2 Å². The lowest BCUT2D eigenvalue weighted by atomic mass is 10.2. The first-order chi connectivity index (χ1) is 7.47. The highest BCUT2D eigenvalue weighted by Crippen LogP contribution is 2.06. The third kappa shape index (κ3) is 7.48.